The third-order valence-corrected chi connectivity index (χ3v) is 4.16. The first-order chi connectivity index (χ1) is 7.56. The average molecular weight is 244 g/mol. The van der Waals surface area contributed by atoms with E-state index in [0.29, 0.717) is 12.2 Å². The smallest absolute Gasteiger partial charge is 0.242 e. The number of aromatic nitrogens is 1. The summed E-state index contributed by atoms with van der Waals surface area (Å²) < 4.78 is 28.1. The number of aliphatic hydroxyl groups excluding tert-OH is 1. The molecule has 0 aromatic carbocycles. The molecule has 0 amide bonds. The van der Waals surface area contributed by atoms with Gasteiger partial charge in [0.05, 0.1) is 11.5 Å². The second-order valence-electron chi connectivity index (χ2n) is 4.01. The molecule has 1 aromatic rings. The van der Waals surface area contributed by atoms with Gasteiger partial charge in [-0.15, -0.1) is 0 Å². The molecule has 0 unspecified atom stereocenters. The monoisotopic (exact) mass is 244 g/mol. The lowest BCUT2D eigenvalue weighted by molar-refractivity contribution is 0.271. The summed E-state index contributed by atoms with van der Waals surface area (Å²) in [6.07, 6.45) is 3.40. The molecule has 0 atom stereocenters. The van der Waals surface area contributed by atoms with Gasteiger partial charge in [-0.25, -0.2) is 13.1 Å². The van der Waals surface area contributed by atoms with Crippen molar-refractivity contribution in [2.45, 2.75) is 43.9 Å². The fourth-order valence-corrected chi connectivity index (χ4v) is 2.96. The summed E-state index contributed by atoms with van der Waals surface area (Å²) in [5.41, 5.74) is 0.624. The molecule has 0 radical (unpaired) electrons. The van der Waals surface area contributed by atoms with Crippen molar-refractivity contribution in [3.05, 3.63) is 18.0 Å². The summed E-state index contributed by atoms with van der Waals surface area (Å²) in [7, 11) is -3.40. The maximum Gasteiger partial charge on any atom is 0.242 e. The summed E-state index contributed by atoms with van der Waals surface area (Å²) in [4.78, 5) is 0.241. The van der Waals surface area contributed by atoms with Gasteiger partial charge in [0.1, 0.15) is 0 Å². The second-order valence-corrected chi connectivity index (χ2v) is 5.72. The number of aliphatic hydroxyl groups is 1. The van der Waals surface area contributed by atoms with Crippen molar-refractivity contribution in [2.24, 2.45) is 0 Å². The molecule has 0 aliphatic heterocycles. The van der Waals surface area contributed by atoms with Crippen LogP contribution in [0.5, 0.6) is 0 Å². The standard InChI is InChI=1S/C10H16N2O3S/c1-2-12-6-10(5-9(12)7-13)16(14,15)11-8-3-4-8/h5-6,8,11,13H,2-4,7H2,1H3. The summed E-state index contributed by atoms with van der Waals surface area (Å²) in [6.45, 7) is 2.41. The van der Waals surface area contributed by atoms with E-state index in [0.717, 1.165) is 12.8 Å². The van der Waals surface area contributed by atoms with Crippen LogP contribution in [-0.4, -0.2) is 24.1 Å². The molecule has 0 saturated heterocycles. The van der Waals surface area contributed by atoms with Crippen LogP contribution < -0.4 is 4.72 Å². The average Bonchev–Trinajstić information content (AvgIpc) is 2.93. The molecule has 0 spiro atoms. The Balaban J connectivity index is 2.28. The Morgan fingerprint density at radius 2 is 2.25 bits per heavy atom. The third kappa shape index (κ3) is 2.28. The maximum atomic E-state index is 11.9. The normalized spacial score (nSPS) is 16.6. The zero-order valence-corrected chi connectivity index (χ0v) is 10.00. The number of nitrogens with zero attached hydrogens (tertiary/aromatic N) is 1. The molecule has 5 nitrogen and oxygen atoms in total. The lowest BCUT2D eigenvalue weighted by Gasteiger charge is -2.02. The van der Waals surface area contributed by atoms with E-state index in [1.54, 1.807) is 10.8 Å². The quantitative estimate of drug-likeness (QED) is 0.789. The van der Waals surface area contributed by atoms with Gasteiger partial charge in [0, 0.05) is 24.5 Å². The van der Waals surface area contributed by atoms with Gasteiger partial charge in [-0.05, 0) is 25.8 Å². The first-order valence-corrected chi connectivity index (χ1v) is 6.87. The van der Waals surface area contributed by atoms with Crippen molar-refractivity contribution in [2.75, 3.05) is 0 Å². The van der Waals surface area contributed by atoms with Crippen LogP contribution in [0.15, 0.2) is 17.2 Å². The van der Waals surface area contributed by atoms with E-state index in [1.807, 2.05) is 6.92 Å². The second kappa shape index (κ2) is 4.20. The molecule has 1 heterocycles. The van der Waals surface area contributed by atoms with Crippen molar-refractivity contribution in [3.63, 3.8) is 0 Å². The van der Waals surface area contributed by atoms with Crippen LogP contribution in [0, 0.1) is 0 Å². The molecule has 16 heavy (non-hydrogen) atoms. The predicted molar refractivity (Wildman–Crippen MR) is 59.4 cm³/mol. The SMILES string of the molecule is CCn1cc(S(=O)(=O)NC2CC2)cc1CO. The number of hydrogen-bond acceptors (Lipinski definition) is 3. The first kappa shape index (κ1) is 11.6. The third-order valence-electron chi connectivity index (χ3n) is 2.67. The molecule has 0 bridgehead atoms. The van der Waals surface area contributed by atoms with Gasteiger partial charge in [-0.1, -0.05) is 0 Å². The topological polar surface area (TPSA) is 71.3 Å². The lowest BCUT2D eigenvalue weighted by atomic mass is 10.4. The van der Waals surface area contributed by atoms with Gasteiger partial charge in [-0.3, -0.25) is 0 Å². The number of rotatable bonds is 5. The molecule has 2 rings (SSSR count). The fourth-order valence-electron chi connectivity index (χ4n) is 1.59. The molecule has 6 heteroatoms. The fraction of sp³-hybridized carbons (Fsp3) is 0.600. The van der Waals surface area contributed by atoms with Gasteiger partial charge in [0.25, 0.3) is 0 Å². The summed E-state index contributed by atoms with van der Waals surface area (Å²) in [5.74, 6) is 0. The Morgan fingerprint density at radius 3 is 2.69 bits per heavy atom. The lowest BCUT2D eigenvalue weighted by Crippen LogP contribution is -2.25. The highest BCUT2D eigenvalue weighted by Crippen LogP contribution is 2.23. The molecule has 90 valence electrons. The Bertz CT molecular complexity index is 453. The minimum atomic E-state index is -3.40. The summed E-state index contributed by atoms with van der Waals surface area (Å²) >= 11 is 0. The Labute approximate surface area is 95.1 Å². The van der Waals surface area contributed by atoms with Crippen molar-refractivity contribution in [3.8, 4) is 0 Å². The molecule has 1 fully saturated rings. The zero-order valence-electron chi connectivity index (χ0n) is 9.18. The maximum absolute atomic E-state index is 11.9. The van der Waals surface area contributed by atoms with Crippen molar-refractivity contribution < 1.29 is 13.5 Å². The van der Waals surface area contributed by atoms with E-state index in [-0.39, 0.29) is 17.5 Å². The zero-order chi connectivity index (χ0) is 11.8. The molecule has 2 N–H and O–H groups in total. The number of hydrogen-bond donors (Lipinski definition) is 2. The van der Waals surface area contributed by atoms with Gasteiger partial charge < -0.3 is 9.67 Å². The van der Waals surface area contributed by atoms with Crippen LogP contribution in [0.1, 0.15) is 25.5 Å². The minimum Gasteiger partial charge on any atom is -0.390 e. The van der Waals surface area contributed by atoms with Gasteiger partial charge in [-0.2, -0.15) is 0 Å². The largest absolute Gasteiger partial charge is 0.390 e. The van der Waals surface area contributed by atoms with Gasteiger partial charge in [0.15, 0.2) is 0 Å². The molecule has 1 aliphatic rings. The van der Waals surface area contributed by atoms with Crippen LogP contribution in [0.25, 0.3) is 0 Å². The van der Waals surface area contributed by atoms with E-state index >= 15 is 0 Å². The number of nitrogens with one attached hydrogen (secondary N) is 1. The molecule has 1 aliphatic carbocycles. The molecular formula is C10H16N2O3S. The van der Waals surface area contributed by atoms with E-state index in [2.05, 4.69) is 4.72 Å². The van der Waals surface area contributed by atoms with Crippen LogP contribution in [0.4, 0.5) is 0 Å². The van der Waals surface area contributed by atoms with E-state index < -0.39 is 10.0 Å². The van der Waals surface area contributed by atoms with E-state index in [4.69, 9.17) is 5.11 Å². The van der Waals surface area contributed by atoms with Crippen molar-refractivity contribution >= 4 is 10.0 Å². The molecular weight excluding hydrogens is 228 g/mol. The number of sulfonamides is 1. The Morgan fingerprint density at radius 1 is 1.56 bits per heavy atom. The summed E-state index contributed by atoms with van der Waals surface area (Å²) in [6, 6.07) is 1.63. The summed E-state index contributed by atoms with van der Waals surface area (Å²) in [5, 5.41) is 9.09. The predicted octanol–water partition coefficient (Wildman–Crippen LogP) is 0.441. The van der Waals surface area contributed by atoms with Crippen LogP contribution in [-0.2, 0) is 23.2 Å². The van der Waals surface area contributed by atoms with Crippen LogP contribution in [0.2, 0.25) is 0 Å². The van der Waals surface area contributed by atoms with Gasteiger partial charge >= 0.3 is 0 Å². The Kier molecular flexibility index (Phi) is 3.05. The van der Waals surface area contributed by atoms with Crippen molar-refractivity contribution in [1.29, 1.82) is 0 Å². The van der Waals surface area contributed by atoms with Gasteiger partial charge in [0.2, 0.25) is 10.0 Å². The van der Waals surface area contributed by atoms with Crippen LogP contribution in [0.3, 0.4) is 0 Å². The van der Waals surface area contributed by atoms with E-state index in [9.17, 15) is 8.42 Å². The first-order valence-electron chi connectivity index (χ1n) is 5.39. The highest BCUT2D eigenvalue weighted by atomic mass is 32.2. The highest BCUT2D eigenvalue weighted by molar-refractivity contribution is 7.89. The highest BCUT2D eigenvalue weighted by Gasteiger charge is 2.28. The van der Waals surface area contributed by atoms with Crippen LogP contribution >= 0.6 is 0 Å². The van der Waals surface area contributed by atoms with E-state index in [1.165, 1.54) is 6.07 Å². The molecule has 1 aromatic heterocycles. The molecule has 1 saturated carbocycles. The number of aryl methyl sites for hydroxylation is 1. The van der Waals surface area contributed by atoms with Crippen molar-refractivity contribution in [1.82, 2.24) is 9.29 Å². The Hall–Kier alpha value is -0.850. The minimum absolute atomic E-state index is 0.104.